The molecule has 1 saturated heterocycles. The van der Waals surface area contributed by atoms with Crippen LogP contribution >= 0.6 is 0 Å². The van der Waals surface area contributed by atoms with Gasteiger partial charge in [-0.2, -0.15) is 0 Å². The van der Waals surface area contributed by atoms with E-state index >= 15 is 0 Å². The maximum atomic E-state index is 14.0. The average Bonchev–Trinajstić information content (AvgIpc) is 3.46. The van der Waals surface area contributed by atoms with Gasteiger partial charge in [-0.1, -0.05) is 18.2 Å². The molecule has 3 aliphatic rings. The molecule has 1 aromatic heterocycles. The average molecular weight is 396 g/mol. The van der Waals surface area contributed by atoms with Crippen LogP contribution in [0.15, 0.2) is 29.1 Å². The van der Waals surface area contributed by atoms with Crippen molar-refractivity contribution >= 4 is 5.91 Å². The highest BCUT2D eigenvalue weighted by Crippen LogP contribution is 2.37. The molecule has 6 nitrogen and oxygen atoms in total. The molecule has 1 aromatic carbocycles. The molecule has 1 atom stereocenters. The number of rotatable bonds is 4. The Morgan fingerprint density at radius 2 is 2.03 bits per heavy atom. The van der Waals surface area contributed by atoms with E-state index in [4.69, 9.17) is 4.98 Å². The molecule has 0 spiro atoms. The molecule has 1 amide bonds. The number of nitrogens with one attached hydrogen (secondary N) is 1. The maximum absolute atomic E-state index is 14.0. The van der Waals surface area contributed by atoms with E-state index in [1.165, 1.54) is 6.07 Å². The van der Waals surface area contributed by atoms with E-state index in [0.29, 0.717) is 36.5 Å². The second-order valence-electron chi connectivity index (χ2n) is 8.39. The lowest BCUT2D eigenvalue weighted by molar-refractivity contribution is -0.133. The van der Waals surface area contributed by atoms with Gasteiger partial charge in [-0.15, -0.1) is 0 Å². The molecule has 1 aliphatic carbocycles. The number of carbonyl (C=O) groups is 1. The lowest BCUT2D eigenvalue weighted by Gasteiger charge is -2.29. The number of carbonyl (C=O) groups excluding carboxylic acids is 1. The van der Waals surface area contributed by atoms with Crippen LogP contribution in [-0.2, 0) is 24.3 Å². The first kappa shape index (κ1) is 18.5. The highest BCUT2D eigenvalue weighted by atomic mass is 19.1. The van der Waals surface area contributed by atoms with Gasteiger partial charge < -0.3 is 9.88 Å². The van der Waals surface area contributed by atoms with Gasteiger partial charge in [0.1, 0.15) is 11.6 Å². The zero-order chi connectivity index (χ0) is 20.0. The van der Waals surface area contributed by atoms with Gasteiger partial charge in [0.2, 0.25) is 5.91 Å². The Morgan fingerprint density at radius 1 is 1.21 bits per heavy atom. The zero-order valence-corrected chi connectivity index (χ0v) is 16.4. The molecule has 152 valence electrons. The Bertz CT molecular complexity index is 1000. The SMILES string of the molecule is O=C(C1CC1)N1CCCC1c1nc2c(c(=O)[nH]1)CN(Cc1ccccc1F)CC2. The van der Waals surface area contributed by atoms with E-state index < -0.39 is 0 Å². The minimum Gasteiger partial charge on any atom is -0.332 e. The summed E-state index contributed by atoms with van der Waals surface area (Å²) >= 11 is 0. The fraction of sp³-hybridized carbons (Fsp3) is 0.500. The highest BCUT2D eigenvalue weighted by Gasteiger charge is 2.40. The lowest BCUT2D eigenvalue weighted by atomic mass is 10.0. The number of aromatic amines is 1. The number of H-pyrrole nitrogens is 1. The molecule has 2 aliphatic heterocycles. The van der Waals surface area contributed by atoms with Crippen LogP contribution in [0.2, 0.25) is 0 Å². The number of benzene rings is 1. The van der Waals surface area contributed by atoms with Crippen LogP contribution < -0.4 is 5.56 Å². The van der Waals surface area contributed by atoms with E-state index in [2.05, 4.69) is 9.88 Å². The van der Waals surface area contributed by atoms with Crippen molar-refractivity contribution in [3.8, 4) is 0 Å². The number of halogens is 1. The van der Waals surface area contributed by atoms with Gasteiger partial charge in [0.15, 0.2) is 0 Å². The Hall–Kier alpha value is -2.54. The first-order chi connectivity index (χ1) is 14.1. The third-order valence-electron chi connectivity index (χ3n) is 6.30. The highest BCUT2D eigenvalue weighted by molar-refractivity contribution is 5.81. The van der Waals surface area contributed by atoms with Crippen molar-refractivity contribution < 1.29 is 9.18 Å². The van der Waals surface area contributed by atoms with Crippen molar-refractivity contribution in [3.05, 3.63) is 63.1 Å². The molecule has 1 N–H and O–H groups in total. The van der Waals surface area contributed by atoms with Crippen molar-refractivity contribution in [1.29, 1.82) is 0 Å². The Labute approximate surface area is 168 Å². The summed E-state index contributed by atoms with van der Waals surface area (Å²) in [4.78, 5) is 37.1. The van der Waals surface area contributed by atoms with Gasteiger partial charge in [0.25, 0.3) is 5.56 Å². The van der Waals surface area contributed by atoms with Gasteiger partial charge in [0, 0.05) is 44.1 Å². The van der Waals surface area contributed by atoms with Crippen LogP contribution in [0.5, 0.6) is 0 Å². The summed E-state index contributed by atoms with van der Waals surface area (Å²) in [7, 11) is 0. The minimum absolute atomic E-state index is 0.113. The van der Waals surface area contributed by atoms with Gasteiger partial charge in [0.05, 0.1) is 17.3 Å². The number of aromatic nitrogens is 2. The summed E-state index contributed by atoms with van der Waals surface area (Å²) in [6.07, 6.45) is 4.41. The van der Waals surface area contributed by atoms with E-state index in [1.807, 2.05) is 11.0 Å². The molecule has 29 heavy (non-hydrogen) atoms. The number of nitrogens with zero attached hydrogens (tertiary/aromatic N) is 3. The predicted molar refractivity (Wildman–Crippen MR) is 105 cm³/mol. The predicted octanol–water partition coefficient (Wildman–Crippen LogP) is 2.54. The Balaban J connectivity index is 1.36. The summed E-state index contributed by atoms with van der Waals surface area (Å²) in [6, 6.07) is 6.64. The van der Waals surface area contributed by atoms with Crippen molar-refractivity contribution in [1.82, 2.24) is 19.8 Å². The maximum Gasteiger partial charge on any atom is 0.255 e. The summed E-state index contributed by atoms with van der Waals surface area (Å²) in [5.74, 6) is 0.793. The lowest BCUT2D eigenvalue weighted by Crippen LogP contribution is -2.38. The van der Waals surface area contributed by atoms with Crippen LogP contribution in [0, 0.1) is 11.7 Å². The van der Waals surface area contributed by atoms with E-state index in [0.717, 1.165) is 44.5 Å². The van der Waals surface area contributed by atoms with Gasteiger partial charge >= 0.3 is 0 Å². The normalized spacial score (nSPS) is 22.0. The molecule has 1 saturated carbocycles. The molecule has 7 heteroatoms. The smallest absolute Gasteiger partial charge is 0.255 e. The first-order valence-electron chi connectivity index (χ1n) is 10.5. The van der Waals surface area contributed by atoms with Crippen LogP contribution in [-0.4, -0.2) is 38.8 Å². The topological polar surface area (TPSA) is 69.3 Å². The molecule has 5 rings (SSSR count). The van der Waals surface area contributed by atoms with Crippen LogP contribution in [0.4, 0.5) is 4.39 Å². The van der Waals surface area contributed by atoms with Crippen molar-refractivity contribution in [3.63, 3.8) is 0 Å². The standard InChI is InChI=1S/C22H25FN4O2/c23-17-5-2-1-4-15(17)12-26-11-9-18-16(13-26)21(28)25-20(24-18)19-6-3-10-27(19)22(29)14-7-8-14/h1-2,4-5,14,19H,3,6-13H2,(H,24,25,28). The fourth-order valence-electron chi connectivity index (χ4n) is 4.54. The summed E-state index contributed by atoms with van der Waals surface area (Å²) < 4.78 is 14.0. The second-order valence-corrected chi connectivity index (χ2v) is 8.39. The number of hydrogen-bond acceptors (Lipinski definition) is 4. The van der Waals surface area contributed by atoms with Crippen LogP contribution in [0.25, 0.3) is 0 Å². The summed E-state index contributed by atoms with van der Waals surface area (Å²) in [5, 5.41) is 0. The third kappa shape index (κ3) is 3.59. The van der Waals surface area contributed by atoms with Crippen molar-refractivity contribution in [2.24, 2.45) is 5.92 Å². The fourth-order valence-corrected chi connectivity index (χ4v) is 4.54. The van der Waals surface area contributed by atoms with Crippen LogP contribution in [0.1, 0.15) is 54.4 Å². The molecule has 2 aromatic rings. The number of hydrogen-bond donors (Lipinski definition) is 1. The number of amides is 1. The minimum atomic E-state index is -0.220. The largest absolute Gasteiger partial charge is 0.332 e. The van der Waals surface area contributed by atoms with Gasteiger partial charge in [-0.25, -0.2) is 9.37 Å². The molecule has 2 fully saturated rings. The molecule has 1 unspecified atom stereocenters. The van der Waals surface area contributed by atoms with E-state index in [9.17, 15) is 14.0 Å². The Morgan fingerprint density at radius 3 is 2.83 bits per heavy atom. The zero-order valence-electron chi connectivity index (χ0n) is 16.4. The number of likely N-dealkylation sites (tertiary alicyclic amines) is 1. The Kier molecular flexibility index (Phi) is 4.70. The molecular formula is C22H25FN4O2. The van der Waals surface area contributed by atoms with E-state index in [1.54, 1.807) is 12.1 Å². The van der Waals surface area contributed by atoms with Gasteiger partial charge in [-0.05, 0) is 31.7 Å². The third-order valence-corrected chi connectivity index (χ3v) is 6.30. The quantitative estimate of drug-likeness (QED) is 0.862. The summed E-state index contributed by atoms with van der Waals surface area (Å²) in [6.45, 7) is 2.41. The number of fused-ring (bicyclic) bond motifs is 1. The monoisotopic (exact) mass is 396 g/mol. The van der Waals surface area contributed by atoms with Crippen molar-refractivity contribution in [2.75, 3.05) is 13.1 Å². The molecule has 3 heterocycles. The van der Waals surface area contributed by atoms with Gasteiger partial charge in [-0.3, -0.25) is 14.5 Å². The molecule has 0 bridgehead atoms. The van der Waals surface area contributed by atoms with Crippen molar-refractivity contribution in [2.45, 2.75) is 51.2 Å². The first-order valence-corrected chi connectivity index (χ1v) is 10.5. The van der Waals surface area contributed by atoms with E-state index in [-0.39, 0.29) is 29.2 Å². The summed E-state index contributed by atoms with van der Waals surface area (Å²) in [5.41, 5.74) is 1.99. The molecular weight excluding hydrogens is 371 g/mol. The van der Waals surface area contributed by atoms with Crippen LogP contribution in [0.3, 0.4) is 0 Å². The molecule has 0 radical (unpaired) electrons. The second kappa shape index (κ2) is 7.37.